The first-order valence-electron chi connectivity index (χ1n) is 19.5. The monoisotopic (exact) mass is 731 g/mol. The van der Waals surface area contributed by atoms with Crippen molar-refractivity contribution < 1.29 is 28.8 Å². The minimum Gasteiger partial charge on any atom is -0.457 e. The second kappa shape index (κ2) is 21.1. The molecule has 288 valence electrons. The molecule has 0 saturated heterocycles. The fourth-order valence-electron chi connectivity index (χ4n) is 7.37. The van der Waals surface area contributed by atoms with Crippen LogP contribution in [0, 0.1) is 16.0 Å². The number of hydrogen-bond acceptors (Lipinski definition) is 7. The van der Waals surface area contributed by atoms with Gasteiger partial charge in [-0.25, -0.2) is 9.59 Å². The van der Waals surface area contributed by atoms with Gasteiger partial charge < -0.3 is 20.3 Å². The van der Waals surface area contributed by atoms with Gasteiger partial charge in [-0.1, -0.05) is 89.1 Å². The highest BCUT2D eigenvalue weighted by atomic mass is 16.6. The molecule has 0 aromatic heterocycles. The van der Waals surface area contributed by atoms with Crippen LogP contribution in [-0.2, 0) is 25.7 Å². The average molecular weight is 732 g/mol. The average Bonchev–Trinajstić information content (AvgIpc) is 3.17. The Bertz CT molecular complexity index is 1560. The van der Waals surface area contributed by atoms with Crippen LogP contribution in [0.4, 0.5) is 10.5 Å². The molecule has 0 spiro atoms. The standard InChI is InChI=1S/C41H57N5O7/c1-4-6-8-15-27-45(38(33-19-13-10-14-20-33)39(48)42-26-7-5-2)35(47)21-16-28-44-30(3)36(40(49)53-29-31-17-11-9-12-18-31)37(43-41(44)50)32-22-24-34(25-23-32)46(51)52/h9,11-12,17-18,22-25,33,37-38H,4-8,10,13-16,19-21,26-29H2,1-3H3,(H,42,48)(H,43,50). The molecular weight excluding hydrogens is 674 g/mol. The predicted molar refractivity (Wildman–Crippen MR) is 203 cm³/mol. The smallest absolute Gasteiger partial charge is 0.338 e. The van der Waals surface area contributed by atoms with Crippen molar-refractivity contribution in [3.8, 4) is 0 Å². The number of rotatable bonds is 20. The maximum Gasteiger partial charge on any atom is 0.338 e. The summed E-state index contributed by atoms with van der Waals surface area (Å²) in [5.41, 5.74) is 1.77. The van der Waals surface area contributed by atoms with Gasteiger partial charge in [0.1, 0.15) is 12.6 Å². The molecular formula is C41H57N5O7. The molecule has 4 rings (SSSR count). The predicted octanol–water partition coefficient (Wildman–Crippen LogP) is 7.73. The first kappa shape index (κ1) is 41.0. The van der Waals surface area contributed by atoms with Crippen molar-refractivity contribution in [1.82, 2.24) is 20.4 Å². The normalized spacial score (nSPS) is 16.8. The van der Waals surface area contributed by atoms with Crippen LogP contribution in [0.15, 0.2) is 65.9 Å². The number of nitrogens with zero attached hydrogens (tertiary/aromatic N) is 3. The number of urea groups is 1. The third kappa shape index (κ3) is 11.6. The van der Waals surface area contributed by atoms with E-state index in [1.807, 2.05) is 35.2 Å². The summed E-state index contributed by atoms with van der Waals surface area (Å²) in [5.74, 6) is -0.690. The van der Waals surface area contributed by atoms with Crippen molar-refractivity contribution in [2.24, 2.45) is 5.92 Å². The molecule has 1 aliphatic heterocycles. The summed E-state index contributed by atoms with van der Waals surface area (Å²) in [6.45, 7) is 7.19. The lowest BCUT2D eigenvalue weighted by atomic mass is 9.82. The van der Waals surface area contributed by atoms with E-state index in [-0.39, 0.29) is 48.6 Å². The van der Waals surface area contributed by atoms with Crippen LogP contribution in [0.25, 0.3) is 0 Å². The maximum atomic E-state index is 14.1. The summed E-state index contributed by atoms with van der Waals surface area (Å²) in [4.78, 5) is 69.3. The van der Waals surface area contributed by atoms with Crippen molar-refractivity contribution in [3.05, 3.63) is 87.1 Å². The zero-order chi connectivity index (χ0) is 38.2. The van der Waals surface area contributed by atoms with Crippen molar-refractivity contribution in [1.29, 1.82) is 0 Å². The van der Waals surface area contributed by atoms with E-state index in [1.165, 1.54) is 29.2 Å². The summed E-state index contributed by atoms with van der Waals surface area (Å²) in [5, 5.41) is 17.3. The topological polar surface area (TPSA) is 151 Å². The van der Waals surface area contributed by atoms with E-state index in [1.54, 1.807) is 6.92 Å². The Morgan fingerprint density at radius 3 is 2.32 bits per heavy atom. The molecule has 4 amide bonds. The molecule has 2 aromatic carbocycles. The maximum absolute atomic E-state index is 14.1. The SMILES string of the molecule is CCCCCCN(C(=O)CCCN1C(=O)NC(c2ccc([N+](=O)[O-])cc2)C(C(=O)OCc2ccccc2)=C1C)C(C(=O)NCCCC)C1CCCCC1. The summed E-state index contributed by atoms with van der Waals surface area (Å²) in [7, 11) is 0. The number of carbonyl (C=O) groups excluding carboxylic acids is 4. The number of ether oxygens (including phenoxy) is 1. The third-order valence-electron chi connectivity index (χ3n) is 10.3. The minimum atomic E-state index is -0.898. The Morgan fingerprint density at radius 2 is 1.66 bits per heavy atom. The molecule has 1 aliphatic carbocycles. The number of carbonyl (C=O) groups is 4. The Kier molecular flexibility index (Phi) is 16.3. The summed E-state index contributed by atoms with van der Waals surface area (Å²) in [6.07, 6.45) is 11.3. The van der Waals surface area contributed by atoms with E-state index in [0.29, 0.717) is 30.8 Å². The van der Waals surface area contributed by atoms with Gasteiger partial charge in [0.25, 0.3) is 5.69 Å². The number of allylic oxidation sites excluding steroid dienone is 1. The quantitative estimate of drug-likeness (QED) is 0.0612. The Hall–Kier alpha value is -4.74. The zero-order valence-corrected chi connectivity index (χ0v) is 31.6. The van der Waals surface area contributed by atoms with Gasteiger partial charge in [0.2, 0.25) is 11.8 Å². The lowest BCUT2D eigenvalue weighted by Crippen LogP contribution is -2.54. The van der Waals surface area contributed by atoms with Gasteiger partial charge in [0.15, 0.2) is 0 Å². The van der Waals surface area contributed by atoms with E-state index in [2.05, 4.69) is 24.5 Å². The van der Waals surface area contributed by atoms with Gasteiger partial charge in [0.05, 0.1) is 16.5 Å². The third-order valence-corrected chi connectivity index (χ3v) is 10.3. The molecule has 2 unspecified atom stereocenters. The number of nitro benzene ring substituents is 1. The van der Waals surface area contributed by atoms with Crippen LogP contribution in [-0.4, -0.2) is 64.2 Å². The molecule has 0 radical (unpaired) electrons. The molecule has 1 saturated carbocycles. The van der Waals surface area contributed by atoms with Crippen LogP contribution in [0.3, 0.4) is 0 Å². The molecule has 2 atom stereocenters. The molecule has 12 heteroatoms. The Balaban J connectivity index is 1.55. The second-order valence-electron chi connectivity index (χ2n) is 14.2. The number of hydrogen-bond donors (Lipinski definition) is 2. The molecule has 1 heterocycles. The largest absolute Gasteiger partial charge is 0.457 e. The Morgan fingerprint density at radius 1 is 0.962 bits per heavy atom. The van der Waals surface area contributed by atoms with Crippen molar-refractivity contribution in [2.45, 2.75) is 123 Å². The van der Waals surface area contributed by atoms with E-state index in [0.717, 1.165) is 76.2 Å². The highest BCUT2D eigenvalue weighted by Crippen LogP contribution is 2.33. The van der Waals surface area contributed by atoms with E-state index < -0.39 is 29.0 Å². The number of non-ortho nitro benzene ring substituents is 1. The van der Waals surface area contributed by atoms with Gasteiger partial charge in [-0.05, 0) is 68.2 Å². The van der Waals surface area contributed by atoms with Crippen LogP contribution in [0.2, 0.25) is 0 Å². The van der Waals surface area contributed by atoms with E-state index >= 15 is 0 Å². The van der Waals surface area contributed by atoms with Gasteiger partial charge in [-0.2, -0.15) is 0 Å². The van der Waals surface area contributed by atoms with E-state index in [4.69, 9.17) is 4.74 Å². The Labute approximate surface area is 313 Å². The molecule has 1 fully saturated rings. The van der Waals surface area contributed by atoms with Crippen molar-refractivity contribution in [3.63, 3.8) is 0 Å². The van der Waals surface area contributed by atoms with E-state index in [9.17, 15) is 29.3 Å². The molecule has 2 N–H and O–H groups in total. The zero-order valence-electron chi connectivity index (χ0n) is 31.6. The van der Waals surface area contributed by atoms with Gasteiger partial charge >= 0.3 is 12.0 Å². The minimum absolute atomic E-state index is 0.0220. The number of unbranched alkanes of at least 4 members (excludes halogenated alkanes) is 4. The van der Waals surface area contributed by atoms with Gasteiger partial charge in [-0.15, -0.1) is 0 Å². The van der Waals surface area contributed by atoms with Crippen LogP contribution in [0.1, 0.15) is 121 Å². The number of nitro groups is 1. The summed E-state index contributed by atoms with van der Waals surface area (Å²) < 4.78 is 5.72. The number of benzene rings is 2. The lowest BCUT2D eigenvalue weighted by Gasteiger charge is -2.38. The van der Waals surface area contributed by atoms with Crippen LogP contribution < -0.4 is 10.6 Å². The van der Waals surface area contributed by atoms with Gasteiger partial charge in [0, 0.05) is 43.9 Å². The molecule has 12 nitrogen and oxygen atoms in total. The lowest BCUT2D eigenvalue weighted by molar-refractivity contribution is -0.384. The number of amides is 4. The summed E-state index contributed by atoms with van der Waals surface area (Å²) >= 11 is 0. The number of nitrogens with one attached hydrogen (secondary N) is 2. The van der Waals surface area contributed by atoms with Crippen LogP contribution >= 0.6 is 0 Å². The first-order chi connectivity index (χ1) is 25.7. The highest BCUT2D eigenvalue weighted by molar-refractivity contribution is 5.95. The highest BCUT2D eigenvalue weighted by Gasteiger charge is 2.38. The first-order valence-corrected chi connectivity index (χ1v) is 19.5. The van der Waals surface area contributed by atoms with Crippen molar-refractivity contribution in [2.75, 3.05) is 19.6 Å². The van der Waals surface area contributed by atoms with Gasteiger partial charge in [-0.3, -0.25) is 24.6 Å². The second-order valence-corrected chi connectivity index (χ2v) is 14.2. The van der Waals surface area contributed by atoms with Crippen molar-refractivity contribution >= 4 is 29.5 Å². The summed E-state index contributed by atoms with van der Waals surface area (Å²) in [6, 6.07) is 13.1. The van der Waals surface area contributed by atoms with Crippen LogP contribution in [0.5, 0.6) is 0 Å². The molecule has 53 heavy (non-hydrogen) atoms. The fourth-order valence-corrected chi connectivity index (χ4v) is 7.37. The fraction of sp³-hybridized carbons (Fsp3) is 0.561. The molecule has 0 bridgehead atoms. The number of esters is 1. The molecule has 2 aromatic rings. The molecule has 2 aliphatic rings.